The SMILES string of the molecule is NNc1cccc2c1ccc[n+]2[O-]. The summed E-state index contributed by atoms with van der Waals surface area (Å²) in [6, 6.07) is 8.90. The molecule has 3 N–H and O–H groups in total. The number of nitrogen functional groups attached to an aromatic ring is 1. The average molecular weight is 175 g/mol. The van der Waals surface area contributed by atoms with E-state index in [4.69, 9.17) is 5.84 Å². The maximum Gasteiger partial charge on any atom is 0.225 e. The van der Waals surface area contributed by atoms with Crippen molar-refractivity contribution < 1.29 is 4.73 Å². The number of nitrogens with zero attached hydrogens (tertiary/aromatic N) is 1. The molecule has 0 aliphatic heterocycles. The zero-order valence-electron chi connectivity index (χ0n) is 6.90. The molecule has 0 amide bonds. The number of hydrogen-bond donors (Lipinski definition) is 2. The first kappa shape index (κ1) is 7.82. The third kappa shape index (κ3) is 1.17. The van der Waals surface area contributed by atoms with Gasteiger partial charge >= 0.3 is 0 Å². The first-order valence-corrected chi connectivity index (χ1v) is 3.90. The van der Waals surface area contributed by atoms with Crippen LogP contribution in [0.2, 0.25) is 0 Å². The highest BCUT2D eigenvalue weighted by Crippen LogP contribution is 2.18. The Bertz CT molecular complexity index is 442. The van der Waals surface area contributed by atoms with Crippen LogP contribution in [0.3, 0.4) is 0 Å². The number of fused-ring (bicyclic) bond motifs is 1. The van der Waals surface area contributed by atoms with Crippen LogP contribution in [0.5, 0.6) is 0 Å². The van der Waals surface area contributed by atoms with Crippen molar-refractivity contribution in [3.8, 4) is 0 Å². The first-order valence-electron chi connectivity index (χ1n) is 3.90. The van der Waals surface area contributed by atoms with Crippen LogP contribution in [0, 0.1) is 5.21 Å². The predicted octanol–water partition coefficient (Wildman–Crippen LogP) is 0.759. The number of nitrogens with two attached hydrogens (primary N) is 1. The molecule has 2 aromatic rings. The topological polar surface area (TPSA) is 65.0 Å². The molecule has 4 heteroatoms. The first-order chi connectivity index (χ1) is 6.33. The molecule has 0 spiro atoms. The Balaban J connectivity index is 2.84. The van der Waals surface area contributed by atoms with E-state index in [0.29, 0.717) is 5.52 Å². The zero-order chi connectivity index (χ0) is 9.26. The van der Waals surface area contributed by atoms with Crippen LogP contribution >= 0.6 is 0 Å². The van der Waals surface area contributed by atoms with E-state index in [1.54, 1.807) is 18.2 Å². The summed E-state index contributed by atoms with van der Waals surface area (Å²) in [6.45, 7) is 0. The lowest BCUT2D eigenvalue weighted by Crippen LogP contribution is -2.26. The summed E-state index contributed by atoms with van der Waals surface area (Å²) >= 11 is 0. The molecule has 1 aromatic carbocycles. The van der Waals surface area contributed by atoms with Gasteiger partial charge in [-0.3, -0.25) is 5.84 Å². The molecule has 4 nitrogen and oxygen atoms in total. The number of aromatic nitrogens is 1. The van der Waals surface area contributed by atoms with Crippen molar-refractivity contribution in [2.75, 3.05) is 5.43 Å². The van der Waals surface area contributed by atoms with Gasteiger partial charge in [0.2, 0.25) is 5.52 Å². The fraction of sp³-hybridized carbons (Fsp3) is 0. The van der Waals surface area contributed by atoms with Crippen LogP contribution in [0.4, 0.5) is 5.69 Å². The van der Waals surface area contributed by atoms with E-state index in [2.05, 4.69) is 5.43 Å². The van der Waals surface area contributed by atoms with Crippen LogP contribution < -0.4 is 16.0 Å². The predicted molar refractivity (Wildman–Crippen MR) is 50.7 cm³/mol. The van der Waals surface area contributed by atoms with Gasteiger partial charge in [-0.15, -0.1) is 0 Å². The molecule has 1 aromatic heterocycles. The van der Waals surface area contributed by atoms with E-state index in [1.165, 1.54) is 6.20 Å². The number of hydrogen-bond acceptors (Lipinski definition) is 3. The number of benzene rings is 1. The molecule has 0 saturated heterocycles. The molecule has 1 heterocycles. The van der Waals surface area contributed by atoms with Crippen molar-refractivity contribution in [3.05, 3.63) is 41.7 Å². The largest absolute Gasteiger partial charge is 0.618 e. The van der Waals surface area contributed by atoms with E-state index in [0.717, 1.165) is 15.8 Å². The van der Waals surface area contributed by atoms with Crippen molar-refractivity contribution in [1.29, 1.82) is 0 Å². The van der Waals surface area contributed by atoms with Crippen molar-refractivity contribution in [1.82, 2.24) is 0 Å². The Morgan fingerprint density at radius 2 is 2.08 bits per heavy atom. The summed E-state index contributed by atoms with van der Waals surface area (Å²) in [4.78, 5) is 0. The van der Waals surface area contributed by atoms with E-state index in [1.807, 2.05) is 12.1 Å². The summed E-state index contributed by atoms with van der Waals surface area (Å²) in [7, 11) is 0. The van der Waals surface area contributed by atoms with Gasteiger partial charge in [0.05, 0.1) is 11.1 Å². The minimum Gasteiger partial charge on any atom is -0.618 e. The maximum atomic E-state index is 11.3. The molecular weight excluding hydrogens is 166 g/mol. The zero-order valence-corrected chi connectivity index (χ0v) is 6.90. The lowest BCUT2D eigenvalue weighted by atomic mass is 10.2. The summed E-state index contributed by atoms with van der Waals surface area (Å²) in [5.74, 6) is 5.30. The lowest BCUT2D eigenvalue weighted by Gasteiger charge is -2.04. The Hall–Kier alpha value is -1.81. The third-order valence-corrected chi connectivity index (χ3v) is 1.96. The van der Waals surface area contributed by atoms with Gasteiger partial charge in [-0.25, -0.2) is 0 Å². The van der Waals surface area contributed by atoms with Crippen LogP contribution in [0.25, 0.3) is 10.9 Å². The van der Waals surface area contributed by atoms with Gasteiger partial charge in [0.1, 0.15) is 0 Å². The summed E-state index contributed by atoms with van der Waals surface area (Å²) in [5.41, 5.74) is 3.91. The second-order valence-corrected chi connectivity index (χ2v) is 2.72. The highest BCUT2D eigenvalue weighted by atomic mass is 16.5. The normalized spacial score (nSPS) is 10.2. The van der Waals surface area contributed by atoms with Crippen molar-refractivity contribution in [2.24, 2.45) is 5.84 Å². The van der Waals surface area contributed by atoms with Gasteiger partial charge in [-0.1, -0.05) is 6.07 Å². The van der Waals surface area contributed by atoms with Crippen molar-refractivity contribution in [2.45, 2.75) is 0 Å². The molecular formula is C9H9N3O. The molecule has 0 atom stereocenters. The van der Waals surface area contributed by atoms with E-state index < -0.39 is 0 Å². The Labute approximate surface area is 75.2 Å². The minimum absolute atomic E-state index is 0.609. The van der Waals surface area contributed by atoms with E-state index in [-0.39, 0.29) is 0 Å². The van der Waals surface area contributed by atoms with Crippen molar-refractivity contribution in [3.63, 3.8) is 0 Å². The summed E-state index contributed by atoms with van der Waals surface area (Å²) < 4.78 is 0.816. The van der Waals surface area contributed by atoms with Gasteiger partial charge in [-0.2, -0.15) is 4.73 Å². The Kier molecular flexibility index (Phi) is 1.75. The summed E-state index contributed by atoms with van der Waals surface area (Å²) in [5, 5.41) is 12.1. The average Bonchev–Trinajstić information content (AvgIpc) is 2.18. The molecule has 0 unspecified atom stereocenters. The molecule has 0 aliphatic carbocycles. The molecule has 0 aliphatic rings. The fourth-order valence-corrected chi connectivity index (χ4v) is 1.34. The molecule has 13 heavy (non-hydrogen) atoms. The molecule has 2 rings (SSSR count). The van der Waals surface area contributed by atoms with E-state index in [9.17, 15) is 5.21 Å². The van der Waals surface area contributed by atoms with Crippen molar-refractivity contribution >= 4 is 16.6 Å². The molecule has 66 valence electrons. The monoisotopic (exact) mass is 175 g/mol. The number of nitrogens with one attached hydrogen (secondary N) is 1. The van der Waals surface area contributed by atoms with Crippen LogP contribution in [-0.4, -0.2) is 0 Å². The Morgan fingerprint density at radius 3 is 2.85 bits per heavy atom. The van der Waals surface area contributed by atoms with Gasteiger partial charge in [0.15, 0.2) is 6.20 Å². The number of hydrazine groups is 1. The number of anilines is 1. The van der Waals surface area contributed by atoms with Gasteiger partial charge < -0.3 is 10.6 Å². The van der Waals surface area contributed by atoms with Gasteiger partial charge in [0, 0.05) is 12.1 Å². The van der Waals surface area contributed by atoms with E-state index >= 15 is 0 Å². The van der Waals surface area contributed by atoms with Crippen LogP contribution in [0.1, 0.15) is 0 Å². The maximum absolute atomic E-state index is 11.3. The molecule has 0 radical (unpaired) electrons. The summed E-state index contributed by atoms with van der Waals surface area (Å²) in [6.07, 6.45) is 1.46. The number of rotatable bonds is 1. The second kappa shape index (κ2) is 2.91. The fourth-order valence-electron chi connectivity index (χ4n) is 1.34. The number of pyridine rings is 1. The highest BCUT2D eigenvalue weighted by Gasteiger charge is 2.04. The van der Waals surface area contributed by atoms with Gasteiger partial charge in [-0.05, 0) is 12.1 Å². The van der Waals surface area contributed by atoms with Gasteiger partial charge in [0.25, 0.3) is 0 Å². The highest BCUT2D eigenvalue weighted by molar-refractivity contribution is 5.89. The quantitative estimate of drug-likeness (QED) is 0.291. The van der Waals surface area contributed by atoms with Crippen LogP contribution in [0.15, 0.2) is 36.5 Å². The second-order valence-electron chi connectivity index (χ2n) is 2.72. The van der Waals surface area contributed by atoms with Crippen LogP contribution in [-0.2, 0) is 0 Å². The standard InChI is InChI=1S/C9H9N3O/c10-11-8-4-1-5-9-7(8)3-2-6-12(9)13/h1-6,11H,10H2. The smallest absolute Gasteiger partial charge is 0.225 e. The molecule has 0 fully saturated rings. The minimum atomic E-state index is 0.609. The lowest BCUT2D eigenvalue weighted by molar-refractivity contribution is -0.577. The molecule has 0 bridgehead atoms. The molecule has 0 saturated carbocycles. The Morgan fingerprint density at radius 1 is 1.23 bits per heavy atom. The third-order valence-electron chi connectivity index (χ3n) is 1.96.